The molecule has 0 aliphatic heterocycles. The summed E-state index contributed by atoms with van der Waals surface area (Å²) < 4.78 is 0. The van der Waals surface area contributed by atoms with E-state index in [2.05, 4.69) is 25.3 Å². The predicted molar refractivity (Wildman–Crippen MR) is 62.1 cm³/mol. The van der Waals surface area contributed by atoms with Crippen LogP contribution in [0.2, 0.25) is 5.15 Å². The van der Waals surface area contributed by atoms with Crippen LogP contribution in [0.5, 0.6) is 0 Å². The number of fused-ring (bicyclic) bond motifs is 1. The molecule has 2 heterocycles. The van der Waals surface area contributed by atoms with Gasteiger partial charge in [0, 0.05) is 12.2 Å². The van der Waals surface area contributed by atoms with Crippen molar-refractivity contribution in [2.75, 3.05) is 5.32 Å². The number of imidazole rings is 1. The zero-order valence-electron chi connectivity index (χ0n) is 8.72. The molecule has 2 aromatic heterocycles. The van der Waals surface area contributed by atoms with Crippen molar-refractivity contribution in [1.29, 1.82) is 0 Å². The van der Waals surface area contributed by atoms with Crippen LogP contribution < -0.4 is 5.32 Å². The first-order valence-electron chi connectivity index (χ1n) is 4.65. The number of hydrogen-bond acceptors (Lipinski definition) is 5. The Kier molecular flexibility index (Phi) is 3.20. The van der Waals surface area contributed by atoms with Crippen LogP contribution in [0.4, 0.5) is 5.95 Å². The molecule has 0 saturated heterocycles. The maximum absolute atomic E-state index is 11.3. The number of anilines is 1. The second kappa shape index (κ2) is 4.80. The molecule has 1 amide bonds. The number of nitrogens with one attached hydrogen (secondary N) is 2. The first-order chi connectivity index (χ1) is 8.56. The molecule has 2 rings (SSSR count). The number of carboxylic acids is 1. The third-order valence-corrected chi connectivity index (χ3v) is 2.13. The molecule has 0 atom stereocenters. The Morgan fingerprint density at radius 2 is 2.17 bits per heavy atom. The molecule has 9 heteroatoms. The molecular weight excluding hydrogens is 262 g/mol. The molecule has 8 nitrogen and oxygen atoms in total. The smallest absolute Gasteiger partial charge is 0.328 e. The first-order valence-corrected chi connectivity index (χ1v) is 5.02. The monoisotopic (exact) mass is 267 g/mol. The molecular formula is C9H6ClN5O3. The summed E-state index contributed by atoms with van der Waals surface area (Å²) in [6, 6.07) is 0. The van der Waals surface area contributed by atoms with Gasteiger partial charge in [-0.15, -0.1) is 0 Å². The molecule has 0 radical (unpaired) electrons. The average Bonchev–Trinajstić information content (AvgIpc) is 2.75. The Balaban J connectivity index is 2.21. The van der Waals surface area contributed by atoms with E-state index >= 15 is 0 Å². The Morgan fingerprint density at radius 3 is 2.89 bits per heavy atom. The maximum Gasteiger partial charge on any atom is 0.328 e. The van der Waals surface area contributed by atoms with Crippen molar-refractivity contribution in [3.8, 4) is 0 Å². The number of carboxylic acid groups (broad SMARTS) is 1. The van der Waals surface area contributed by atoms with E-state index in [0.717, 1.165) is 6.08 Å². The highest BCUT2D eigenvalue weighted by atomic mass is 35.5. The van der Waals surface area contributed by atoms with Crippen LogP contribution in [0.25, 0.3) is 11.2 Å². The van der Waals surface area contributed by atoms with Crippen molar-refractivity contribution in [2.24, 2.45) is 0 Å². The summed E-state index contributed by atoms with van der Waals surface area (Å²) >= 11 is 5.83. The van der Waals surface area contributed by atoms with Crippen LogP contribution in [-0.2, 0) is 9.59 Å². The number of rotatable bonds is 3. The lowest BCUT2D eigenvalue weighted by Gasteiger charge is -2.00. The number of hydrogen-bond donors (Lipinski definition) is 3. The molecule has 0 aliphatic rings. The van der Waals surface area contributed by atoms with Crippen molar-refractivity contribution in [2.45, 2.75) is 0 Å². The SMILES string of the molecule is O=C(O)/C=C/C(=O)Nc1nc(Cl)c2[nH]cnc2n1. The van der Waals surface area contributed by atoms with Crippen LogP contribution in [0, 0.1) is 0 Å². The number of H-pyrrole nitrogens is 1. The van der Waals surface area contributed by atoms with Crippen molar-refractivity contribution < 1.29 is 14.7 Å². The van der Waals surface area contributed by atoms with Gasteiger partial charge in [-0.05, 0) is 0 Å². The first kappa shape index (κ1) is 12.0. The molecule has 0 spiro atoms. The number of aliphatic carboxylic acids is 1. The molecule has 2 aromatic rings. The summed E-state index contributed by atoms with van der Waals surface area (Å²) in [4.78, 5) is 35.8. The molecule has 0 aliphatic carbocycles. The number of carbonyl (C=O) groups is 2. The molecule has 0 saturated carbocycles. The van der Waals surface area contributed by atoms with Gasteiger partial charge in [-0.1, -0.05) is 11.6 Å². The van der Waals surface area contributed by atoms with Crippen molar-refractivity contribution in [1.82, 2.24) is 19.9 Å². The van der Waals surface area contributed by atoms with Gasteiger partial charge in [0.05, 0.1) is 6.33 Å². The predicted octanol–water partition coefficient (Wildman–Crippen LogP) is 0.586. The van der Waals surface area contributed by atoms with Crippen LogP contribution in [0.1, 0.15) is 0 Å². The minimum absolute atomic E-state index is 0.0559. The number of halogens is 1. The second-order valence-electron chi connectivity index (χ2n) is 3.10. The summed E-state index contributed by atoms with van der Waals surface area (Å²) in [7, 11) is 0. The quantitative estimate of drug-likeness (QED) is 0.553. The van der Waals surface area contributed by atoms with E-state index < -0.39 is 11.9 Å². The van der Waals surface area contributed by atoms with Gasteiger partial charge in [0.2, 0.25) is 5.95 Å². The molecule has 0 bridgehead atoms. The fourth-order valence-electron chi connectivity index (χ4n) is 1.15. The number of nitrogens with zero attached hydrogens (tertiary/aromatic N) is 3. The van der Waals surface area contributed by atoms with Crippen LogP contribution in [0.3, 0.4) is 0 Å². The summed E-state index contributed by atoms with van der Waals surface area (Å²) in [6.45, 7) is 0. The summed E-state index contributed by atoms with van der Waals surface area (Å²) in [6.07, 6.45) is 2.93. The van der Waals surface area contributed by atoms with E-state index in [1.807, 2.05) is 0 Å². The average molecular weight is 268 g/mol. The number of carbonyl (C=O) groups excluding carboxylic acids is 1. The fourth-order valence-corrected chi connectivity index (χ4v) is 1.37. The van der Waals surface area contributed by atoms with Crippen molar-refractivity contribution >= 4 is 40.6 Å². The Labute approximate surface area is 105 Å². The standard InChI is InChI=1S/C9H6ClN5O3/c10-7-6-8(12-3-11-6)15-9(14-7)13-4(16)1-2-5(17)18/h1-3H,(H,17,18)(H2,11,12,13,14,15,16)/b2-1+. The van der Waals surface area contributed by atoms with Gasteiger partial charge < -0.3 is 10.1 Å². The Morgan fingerprint density at radius 1 is 1.39 bits per heavy atom. The Bertz CT molecular complexity index is 651. The summed E-state index contributed by atoms with van der Waals surface area (Å²) in [5.41, 5.74) is 0.753. The van der Waals surface area contributed by atoms with Gasteiger partial charge in [0.25, 0.3) is 5.91 Å². The molecule has 92 valence electrons. The van der Waals surface area contributed by atoms with Gasteiger partial charge in [-0.3, -0.25) is 10.1 Å². The van der Waals surface area contributed by atoms with Gasteiger partial charge in [0.15, 0.2) is 10.8 Å². The maximum atomic E-state index is 11.3. The Hall–Kier alpha value is -2.48. The van der Waals surface area contributed by atoms with E-state index in [0.29, 0.717) is 17.2 Å². The van der Waals surface area contributed by atoms with Crippen molar-refractivity contribution in [3.63, 3.8) is 0 Å². The van der Waals surface area contributed by atoms with Crippen LogP contribution in [-0.4, -0.2) is 36.9 Å². The molecule has 3 N–H and O–H groups in total. The van der Waals surface area contributed by atoms with E-state index in [9.17, 15) is 9.59 Å². The third kappa shape index (κ3) is 2.61. The molecule has 0 aromatic carbocycles. The van der Waals surface area contributed by atoms with Gasteiger partial charge in [0.1, 0.15) is 5.52 Å². The minimum Gasteiger partial charge on any atom is -0.478 e. The number of aromatic amines is 1. The highest BCUT2D eigenvalue weighted by Gasteiger charge is 2.09. The molecule has 0 unspecified atom stereocenters. The molecule has 18 heavy (non-hydrogen) atoms. The summed E-state index contributed by atoms with van der Waals surface area (Å²) in [5.74, 6) is -1.96. The van der Waals surface area contributed by atoms with Crippen LogP contribution >= 0.6 is 11.6 Å². The van der Waals surface area contributed by atoms with Crippen molar-refractivity contribution in [3.05, 3.63) is 23.6 Å². The zero-order chi connectivity index (χ0) is 13.1. The van der Waals surface area contributed by atoms with Crippen LogP contribution in [0.15, 0.2) is 18.5 Å². The zero-order valence-corrected chi connectivity index (χ0v) is 9.47. The number of amides is 1. The minimum atomic E-state index is -1.23. The second-order valence-corrected chi connectivity index (χ2v) is 3.46. The van der Waals surface area contributed by atoms with E-state index in [4.69, 9.17) is 16.7 Å². The lowest BCUT2D eigenvalue weighted by molar-refractivity contribution is -0.131. The van der Waals surface area contributed by atoms with E-state index in [-0.39, 0.29) is 11.1 Å². The number of aromatic nitrogens is 4. The largest absolute Gasteiger partial charge is 0.478 e. The van der Waals surface area contributed by atoms with Gasteiger partial charge >= 0.3 is 5.97 Å². The lowest BCUT2D eigenvalue weighted by Crippen LogP contribution is -2.11. The highest BCUT2D eigenvalue weighted by molar-refractivity contribution is 6.33. The van der Waals surface area contributed by atoms with E-state index in [1.165, 1.54) is 6.33 Å². The third-order valence-electron chi connectivity index (χ3n) is 1.85. The molecule has 0 fully saturated rings. The van der Waals surface area contributed by atoms with Gasteiger partial charge in [-0.2, -0.15) is 9.97 Å². The van der Waals surface area contributed by atoms with E-state index in [1.54, 1.807) is 0 Å². The normalized spacial score (nSPS) is 10.9. The summed E-state index contributed by atoms with van der Waals surface area (Å²) in [5, 5.41) is 10.7. The topological polar surface area (TPSA) is 121 Å². The van der Waals surface area contributed by atoms with Gasteiger partial charge in [-0.25, -0.2) is 9.78 Å². The fraction of sp³-hybridized carbons (Fsp3) is 0. The highest BCUT2D eigenvalue weighted by Crippen LogP contribution is 2.17. The lowest BCUT2D eigenvalue weighted by atomic mass is 10.4.